The second-order valence-electron chi connectivity index (χ2n) is 3.07. The van der Waals surface area contributed by atoms with Crippen molar-refractivity contribution in [2.24, 2.45) is 0 Å². The van der Waals surface area contributed by atoms with Crippen molar-refractivity contribution < 1.29 is 4.79 Å². The van der Waals surface area contributed by atoms with Gasteiger partial charge in [0, 0.05) is 11.3 Å². The molecule has 0 saturated carbocycles. The summed E-state index contributed by atoms with van der Waals surface area (Å²) < 4.78 is 0. The van der Waals surface area contributed by atoms with Crippen LogP contribution >= 0.6 is 0 Å². The predicted octanol–water partition coefficient (Wildman–Crippen LogP) is 1.29. The Morgan fingerprint density at radius 1 is 1.46 bits per heavy atom. The highest BCUT2D eigenvalue weighted by molar-refractivity contribution is 6.02. The molecule has 0 fully saturated rings. The summed E-state index contributed by atoms with van der Waals surface area (Å²) in [5.74, 6) is 0.0445. The third-order valence-corrected chi connectivity index (χ3v) is 2.20. The van der Waals surface area contributed by atoms with Crippen LogP contribution in [0.25, 0.3) is 0 Å². The van der Waals surface area contributed by atoms with E-state index in [0.29, 0.717) is 0 Å². The second kappa shape index (κ2) is 3.18. The molecule has 1 aliphatic heterocycles. The van der Waals surface area contributed by atoms with E-state index in [2.05, 4.69) is 10.6 Å². The lowest BCUT2D eigenvalue weighted by atomic mass is 10.1. The molecule has 1 aromatic carbocycles. The van der Waals surface area contributed by atoms with Crippen molar-refractivity contribution in [2.45, 2.75) is 13.0 Å². The first-order valence-electron chi connectivity index (χ1n) is 4.46. The van der Waals surface area contributed by atoms with E-state index < -0.39 is 0 Å². The molecule has 13 heavy (non-hydrogen) atoms. The molecule has 2 N–H and O–H groups in total. The zero-order valence-electron chi connectivity index (χ0n) is 7.50. The first-order chi connectivity index (χ1) is 6.33. The van der Waals surface area contributed by atoms with E-state index in [0.717, 1.165) is 17.8 Å². The molecule has 0 aromatic heterocycles. The fraction of sp³-hybridized carbons (Fsp3) is 0.300. The van der Waals surface area contributed by atoms with Crippen molar-refractivity contribution in [3.8, 4) is 0 Å². The first kappa shape index (κ1) is 8.26. The lowest BCUT2D eigenvalue weighted by molar-refractivity contribution is -0.117. The van der Waals surface area contributed by atoms with Crippen LogP contribution in [0.5, 0.6) is 0 Å². The van der Waals surface area contributed by atoms with Gasteiger partial charge in [-0.3, -0.25) is 4.79 Å². The molecule has 1 unspecified atom stereocenters. The van der Waals surface area contributed by atoms with Crippen molar-refractivity contribution in [3.63, 3.8) is 0 Å². The number of carbonyl (C=O) groups excluding carboxylic acids is 1. The lowest BCUT2D eigenvalue weighted by Gasteiger charge is -2.08. The third-order valence-electron chi connectivity index (χ3n) is 2.20. The van der Waals surface area contributed by atoms with Crippen molar-refractivity contribution in [3.05, 3.63) is 29.8 Å². The molecule has 1 atom stereocenters. The fourth-order valence-corrected chi connectivity index (χ4v) is 1.62. The highest BCUT2D eigenvalue weighted by Gasteiger charge is 2.28. The molecule has 1 aromatic rings. The number of hydrogen-bond donors (Lipinski definition) is 2. The number of amides is 1. The Labute approximate surface area is 77.1 Å². The Morgan fingerprint density at radius 3 is 3.00 bits per heavy atom. The van der Waals surface area contributed by atoms with Crippen LogP contribution in [0, 0.1) is 0 Å². The van der Waals surface area contributed by atoms with Crippen molar-refractivity contribution in [2.75, 3.05) is 11.9 Å². The number of anilines is 1. The molecule has 68 valence electrons. The molecular formula is C10H12N2O. The normalized spacial score (nSPS) is 19.8. The zero-order chi connectivity index (χ0) is 9.26. The summed E-state index contributed by atoms with van der Waals surface area (Å²) in [6.45, 7) is 2.79. The zero-order valence-corrected chi connectivity index (χ0v) is 7.50. The van der Waals surface area contributed by atoms with Gasteiger partial charge in [-0.1, -0.05) is 25.1 Å². The molecule has 1 heterocycles. The summed E-state index contributed by atoms with van der Waals surface area (Å²) >= 11 is 0. The maximum atomic E-state index is 11.4. The average molecular weight is 176 g/mol. The summed E-state index contributed by atoms with van der Waals surface area (Å²) in [5.41, 5.74) is 1.98. The molecule has 3 nitrogen and oxygen atoms in total. The van der Waals surface area contributed by atoms with E-state index in [1.54, 1.807) is 0 Å². The number of rotatable bonds is 2. The average Bonchev–Trinajstić information content (AvgIpc) is 2.44. The highest BCUT2D eigenvalue weighted by atomic mass is 16.2. The number of benzene rings is 1. The second-order valence-corrected chi connectivity index (χ2v) is 3.07. The summed E-state index contributed by atoms with van der Waals surface area (Å²) in [7, 11) is 0. The predicted molar refractivity (Wildman–Crippen MR) is 51.5 cm³/mol. The number of likely N-dealkylation sites (N-methyl/N-ethyl adjacent to an activating group) is 1. The summed E-state index contributed by atoms with van der Waals surface area (Å²) in [6.07, 6.45) is 0. The SMILES string of the molecule is CCNC1C(=O)Nc2ccccc21. The Hall–Kier alpha value is -1.35. The van der Waals surface area contributed by atoms with Gasteiger partial charge in [0.1, 0.15) is 6.04 Å². The topological polar surface area (TPSA) is 41.1 Å². The van der Waals surface area contributed by atoms with Gasteiger partial charge in [0.15, 0.2) is 0 Å². The van der Waals surface area contributed by atoms with E-state index in [4.69, 9.17) is 0 Å². The number of carbonyl (C=O) groups is 1. The molecule has 2 rings (SSSR count). The number of hydrogen-bond acceptors (Lipinski definition) is 2. The summed E-state index contributed by atoms with van der Waals surface area (Å²) in [6, 6.07) is 7.60. The first-order valence-corrected chi connectivity index (χ1v) is 4.46. The molecule has 1 aliphatic rings. The monoisotopic (exact) mass is 176 g/mol. The lowest BCUT2D eigenvalue weighted by Crippen LogP contribution is -2.27. The maximum Gasteiger partial charge on any atom is 0.246 e. The molecule has 3 heteroatoms. The minimum Gasteiger partial charge on any atom is -0.324 e. The number of nitrogens with one attached hydrogen (secondary N) is 2. The van der Waals surface area contributed by atoms with Gasteiger partial charge < -0.3 is 10.6 Å². The van der Waals surface area contributed by atoms with E-state index in [-0.39, 0.29) is 11.9 Å². The minimum atomic E-state index is -0.166. The van der Waals surface area contributed by atoms with Crippen LogP contribution < -0.4 is 10.6 Å². The summed E-state index contributed by atoms with van der Waals surface area (Å²) in [4.78, 5) is 11.4. The van der Waals surface area contributed by atoms with Gasteiger partial charge >= 0.3 is 0 Å². The Kier molecular flexibility index (Phi) is 2.02. The van der Waals surface area contributed by atoms with Crippen molar-refractivity contribution in [1.82, 2.24) is 5.32 Å². The van der Waals surface area contributed by atoms with Crippen LogP contribution in [0.3, 0.4) is 0 Å². The molecule has 0 radical (unpaired) electrons. The van der Waals surface area contributed by atoms with Crippen LogP contribution in [0.15, 0.2) is 24.3 Å². The van der Waals surface area contributed by atoms with Gasteiger partial charge in [-0.05, 0) is 12.6 Å². The van der Waals surface area contributed by atoms with Gasteiger partial charge in [-0.25, -0.2) is 0 Å². The van der Waals surface area contributed by atoms with Crippen molar-refractivity contribution >= 4 is 11.6 Å². The fourth-order valence-electron chi connectivity index (χ4n) is 1.62. The van der Waals surface area contributed by atoms with E-state index in [1.165, 1.54) is 0 Å². The Bertz CT molecular complexity index is 335. The maximum absolute atomic E-state index is 11.4. The van der Waals surface area contributed by atoms with Crippen LogP contribution in [-0.4, -0.2) is 12.5 Å². The van der Waals surface area contributed by atoms with E-state index in [1.807, 2.05) is 31.2 Å². The van der Waals surface area contributed by atoms with E-state index in [9.17, 15) is 4.79 Å². The van der Waals surface area contributed by atoms with Gasteiger partial charge in [-0.15, -0.1) is 0 Å². The molecule has 0 bridgehead atoms. The number of fused-ring (bicyclic) bond motifs is 1. The minimum absolute atomic E-state index is 0.0445. The molecule has 0 spiro atoms. The van der Waals surface area contributed by atoms with Gasteiger partial charge in [0.2, 0.25) is 5.91 Å². The standard InChI is InChI=1S/C10H12N2O/c1-2-11-9-7-5-3-4-6-8(7)12-10(9)13/h3-6,9,11H,2H2,1H3,(H,12,13). The quantitative estimate of drug-likeness (QED) is 0.713. The van der Waals surface area contributed by atoms with E-state index >= 15 is 0 Å². The molecule has 0 saturated heterocycles. The molecule has 1 amide bonds. The van der Waals surface area contributed by atoms with Gasteiger partial charge in [0.25, 0.3) is 0 Å². The van der Waals surface area contributed by atoms with Crippen LogP contribution in [-0.2, 0) is 4.79 Å². The number of para-hydroxylation sites is 1. The van der Waals surface area contributed by atoms with Gasteiger partial charge in [0.05, 0.1) is 0 Å². The Balaban J connectivity index is 2.35. The Morgan fingerprint density at radius 2 is 2.23 bits per heavy atom. The molecule has 0 aliphatic carbocycles. The third kappa shape index (κ3) is 1.31. The smallest absolute Gasteiger partial charge is 0.246 e. The van der Waals surface area contributed by atoms with Crippen LogP contribution in [0.4, 0.5) is 5.69 Å². The highest BCUT2D eigenvalue weighted by Crippen LogP contribution is 2.29. The summed E-state index contributed by atoms with van der Waals surface area (Å²) in [5, 5.41) is 5.97. The van der Waals surface area contributed by atoms with Crippen LogP contribution in [0.1, 0.15) is 18.5 Å². The largest absolute Gasteiger partial charge is 0.324 e. The van der Waals surface area contributed by atoms with Crippen molar-refractivity contribution in [1.29, 1.82) is 0 Å². The van der Waals surface area contributed by atoms with Gasteiger partial charge in [-0.2, -0.15) is 0 Å². The molecular weight excluding hydrogens is 164 g/mol. The van der Waals surface area contributed by atoms with Crippen LogP contribution in [0.2, 0.25) is 0 Å².